The molecule has 0 aromatic carbocycles. The summed E-state index contributed by atoms with van der Waals surface area (Å²) in [5.41, 5.74) is 0.924. The van der Waals surface area contributed by atoms with Crippen LogP contribution in [0.3, 0.4) is 0 Å². The molecular weight excluding hydrogens is 264 g/mol. The Morgan fingerprint density at radius 3 is 3.00 bits per heavy atom. The number of amides is 1. The molecule has 0 spiro atoms. The molecule has 1 saturated carbocycles. The topological polar surface area (TPSA) is 51.2 Å². The van der Waals surface area contributed by atoms with E-state index >= 15 is 0 Å². The predicted molar refractivity (Wildman–Crippen MR) is 83.7 cm³/mol. The van der Waals surface area contributed by atoms with Crippen LogP contribution in [0.2, 0.25) is 0 Å². The van der Waals surface area contributed by atoms with Crippen molar-refractivity contribution in [2.45, 2.75) is 44.6 Å². The maximum Gasteiger partial charge on any atom is 0.244 e. The lowest BCUT2D eigenvalue weighted by Crippen LogP contribution is -2.24. The van der Waals surface area contributed by atoms with Gasteiger partial charge >= 0.3 is 0 Å². The molecule has 21 heavy (non-hydrogen) atoms. The van der Waals surface area contributed by atoms with Gasteiger partial charge < -0.3 is 10.1 Å². The van der Waals surface area contributed by atoms with Crippen molar-refractivity contribution in [2.24, 2.45) is 0 Å². The molecule has 1 aliphatic carbocycles. The zero-order valence-corrected chi connectivity index (χ0v) is 12.5. The minimum atomic E-state index is -0.0727. The van der Waals surface area contributed by atoms with Crippen LogP contribution < -0.4 is 5.32 Å². The smallest absolute Gasteiger partial charge is 0.244 e. The third-order valence-electron chi connectivity index (χ3n) is 3.64. The Balaban J connectivity index is 1.54. The molecule has 0 atom stereocenters. The van der Waals surface area contributed by atoms with Gasteiger partial charge in [-0.15, -0.1) is 0 Å². The van der Waals surface area contributed by atoms with E-state index in [4.69, 9.17) is 4.74 Å². The molecular formula is C17H24N2O2. The van der Waals surface area contributed by atoms with Crippen molar-refractivity contribution in [1.29, 1.82) is 0 Å². The van der Waals surface area contributed by atoms with Crippen molar-refractivity contribution in [3.05, 3.63) is 36.2 Å². The number of hydrogen-bond donors (Lipinski definition) is 1. The lowest BCUT2D eigenvalue weighted by Gasteiger charge is -2.21. The van der Waals surface area contributed by atoms with E-state index in [1.165, 1.54) is 32.1 Å². The largest absolute Gasteiger partial charge is 0.378 e. The van der Waals surface area contributed by atoms with Gasteiger partial charge in [0.25, 0.3) is 0 Å². The lowest BCUT2D eigenvalue weighted by atomic mass is 9.98. The van der Waals surface area contributed by atoms with E-state index in [2.05, 4.69) is 10.3 Å². The third-order valence-corrected chi connectivity index (χ3v) is 3.64. The summed E-state index contributed by atoms with van der Waals surface area (Å²) in [7, 11) is 0. The van der Waals surface area contributed by atoms with E-state index in [1.54, 1.807) is 24.5 Å². The zero-order chi connectivity index (χ0) is 14.8. The Hall–Kier alpha value is -1.68. The number of carbonyl (C=O) groups excluding carboxylic acids is 1. The van der Waals surface area contributed by atoms with E-state index in [-0.39, 0.29) is 5.91 Å². The van der Waals surface area contributed by atoms with Crippen molar-refractivity contribution in [3.8, 4) is 0 Å². The SMILES string of the molecule is O=C(/C=C/c1cccnc1)NCCCOC1CCCCC1. The molecule has 1 amide bonds. The van der Waals surface area contributed by atoms with Gasteiger partial charge in [-0.3, -0.25) is 9.78 Å². The quantitative estimate of drug-likeness (QED) is 0.620. The van der Waals surface area contributed by atoms with Crippen molar-refractivity contribution < 1.29 is 9.53 Å². The minimum Gasteiger partial charge on any atom is -0.378 e. The van der Waals surface area contributed by atoms with Crippen LogP contribution in [-0.2, 0) is 9.53 Å². The summed E-state index contributed by atoms with van der Waals surface area (Å²) in [6.45, 7) is 1.39. The van der Waals surface area contributed by atoms with Gasteiger partial charge in [-0.25, -0.2) is 0 Å². The van der Waals surface area contributed by atoms with Gasteiger partial charge in [0, 0.05) is 31.6 Å². The van der Waals surface area contributed by atoms with Gasteiger partial charge in [0.2, 0.25) is 5.91 Å². The van der Waals surface area contributed by atoms with Gasteiger partial charge in [0.15, 0.2) is 0 Å². The molecule has 1 fully saturated rings. The Labute approximate surface area is 126 Å². The fraction of sp³-hybridized carbons (Fsp3) is 0.529. The number of nitrogens with zero attached hydrogens (tertiary/aromatic N) is 1. The van der Waals surface area contributed by atoms with Gasteiger partial charge in [-0.05, 0) is 37.0 Å². The Morgan fingerprint density at radius 2 is 2.24 bits per heavy atom. The summed E-state index contributed by atoms with van der Waals surface area (Å²) < 4.78 is 5.82. The van der Waals surface area contributed by atoms with Crippen LogP contribution in [0.5, 0.6) is 0 Å². The van der Waals surface area contributed by atoms with E-state index in [0.29, 0.717) is 12.6 Å². The summed E-state index contributed by atoms with van der Waals surface area (Å²) >= 11 is 0. The molecule has 2 rings (SSSR count). The Morgan fingerprint density at radius 1 is 1.38 bits per heavy atom. The summed E-state index contributed by atoms with van der Waals surface area (Å²) in [5, 5.41) is 2.86. The lowest BCUT2D eigenvalue weighted by molar-refractivity contribution is -0.116. The number of nitrogens with one attached hydrogen (secondary N) is 1. The fourth-order valence-electron chi connectivity index (χ4n) is 2.47. The molecule has 1 aromatic heterocycles. The van der Waals surface area contributed by atoms with Crippen LogP contribution >= 0.6 is 0 Å². The van der Waals surface area contributed by atoms with Crippen LogP contribution in [0.4, 0.5) is 0 Å². The highest BCUT2D eigenvalue weighted by Gasteiger charge is 2.12. The Kier molecular flexibility index (Phi) is 6.95. The molecule has 1 heterocycles. The predicted octanol–water partition coefficient (Wildman–Crippen LogP) is 2.95. The average Bonchev–Trinajstić information content (AvgIpc) is 2.54. The first-order valence-electron chi connectivity index (χ1n) is 7.82. The maximum absolute atomic E-state index is 11.6. The van der Waals surface area contributed by atoms with Gasteiger partial charge in [0.1, 0.15) is 0 Å². The van der Waals surface area contributed by atoms with Crippen LogP contribution in [0.15, 0.2) is 30.6 Å². The van der Waals surface area contributed by atoms with Gasteiger partial charge in [0.05, 0.1) is 6.10 Å². The molecule has 1 aromatic rings. The fourth-order valence-corrected chi connectivity index (χ4v) is 2.47. The van der Waals surface area contributed by atoms with Crippen LogP contribution in [0, 0.1) is 0 Å². The van der Waals surface area contributed by atoms with Crippen molar-refractivity contribution in [3.63, 3.8) is 0 Å². The summed E-state index contributed by atoms with van der Waals surface area (Å²) in [6.07, 6.45) is 14.4. The van der Waals surface area contributed by atoms with Gasteiger partial charge in [-0.1, -0.05) is 25.3 Å². The van der Waals surface area contributed by atoms with Crippen molar-refractivity contribution in [1.82, 2.24) is 10.3 Å². The van der Waals surface area contributed by atoms with E-state index in [9.17, 15) is 4.79 Å². The van der Waals surface area contributed by atoms with Gasteiger partial charge in [-0.2, -0.15) is 0 Å². The monoisotopic (exact) mass is 288 g/mol. The third kappa shape index (κ3) is 6.54. The number of rotatable bonds is 7. The highest BCUT2D eigenvalue weighted by atomic mass is 16.5. The maximum atomic E-state index is 11.6. The second-order valence-electron chi connectivity index (χ2n) is 5.40. The number of pyridine rings is 1. The van der Waals surface area contributed by atoms with Crippen LogP contribution in [0.1, 0.15) is 44.1 Å². The van der Waals surface area contributed by atoms with E-state index < -0.39 is 0 Å². The number of hydrogen-bond acceptors (Lipinski definition) is 3. The molecule has 1 aliphatic rings. The first kappa shape index (κ1) is 15.7. The summed E-state index contributed by atoms with van der Waals surface area (Å²) in [4.78, 5) is 15.6. The molecule has 0 bridgehead atoms. The highest BCUT2D eigenvalue weighted by molar-refractivity contribution is 5.91. The molecule has 0 aliphatic heterocycles. The Bertz CT molecular complexity index is 439. The normalized spacial score (nSPS) is 16.2. The number of carbonyl (C=O) groups is 1. The summed E-state index contributed by atoms with van der Waals surface area (Å²) in [5.74, 6) is -0.0727. The second kappa shape index (κ2) is 9.29. The molecule has 4 nitrogen and oxygen atoms in total. The molecule has 4 heteroatoms. The molecule has 1 N–H and O–H groups in total. The average molecular weight is 288 g/mol. The van der Waals surface area contributed by atoms with Crippen molar-refractivity contribution in [2.75, 3.05) is 13.2 Å². The van der Waals surface area contributed by atoms with E-state index in [0.717, 1.165) is 18.6 Å². The first-order chi connectivity index (χ1) is 10.3. The molecule has 0 radical (unpaired) electrons. The summed E-state index contributed by atoms with van der Waals surface area (Å²) in [6, 6.07) is 3.76. The molecule has 0 saturated heterocycles. The minimum absolute atomic E-state index is 0.0727. The van der Waals surface area contributed by atoms with Crippen LogP contribution in [0.25, 0.3) is 6.08 Å². The van der Waals surface area contributed by atoms with Crippen molar-refractivity contribution >= 4 is 12.0 Å². The highest BCUT2D eigenvalue weighted by Crippen LogP contribution is 2.20. The van der Waals surface area contributed by atoms with E-state index in [1.807, 2.05) is 12.1 Å². The second-order valence-corrected chi connectivity index (χ2v) is 5.40. The zero-order valence-electron chi connectivity index (χ0n) is 12.5. The molecule has 114 valence electrons. The van der Waals surface area contributed by atoms with Crippen LogP contribution in [-0.4, -0.2) is 30.1 Å². The standard InChI is InChI=1S/C17H24N2O2/c20-17(10-9-15-6-4-11-18-14-15)19-12-5-13-21-16-7-2-1-3-8-16/h4,6,9-11,14,16H,1-3,5,7-8,12-13H2,(H,19,20)/b10-9+. The first-order valence-corrected chi connectivity index (χ1v) is 7.82. The molecule has 0 unspecified atom stereocenters. The number of aromatic nitrogens is 1. The number of ether oxygens (including phenoxy) is 1.